The molecule has 118 valence electrons. The fourth-order valence-electron chi connectivity index (χ4n) is 2.11. The Morgan fingerprint density at radius 1 is 1.57 bits per heavy atom. The Morgan fingerprint density at radius 2 is 2.29 bits per heavy atom. The van der Waals surface area contributed by atoms with Gasteiger partial charge in [0.05, 0.1) is 6.61 Å². The highest BCUT2D eigenvalue weighted by atomic mass is 35.7. The van der Waals surface area contributed by atoms with Crippen molar-refractivity contribution in [3.63, 3.8) is 0 Å². The van der Waals surface area contributed by atoms with Gasteiger partial charge in [0.2, 0.25) is 0 Å². The van der Waals surface area contributed by atoms with Gasteiger partial charge in [0.1, 0.15) is 16.3 Å². The van der Waals surface area contributed by atoms with E-state index in [4.69, 9.17) is 24.6 Å². The van der Waals surface area contributed by atoms with Crippen LogP contribution in [0.4, 0.5) is 0 Å². The lowest BCUT2D eigenvalue weighted by molar-refractivity contribution is -0.0150. The maximum absolute atomic E-state index is 12.0. The van der Waals surface area contributed by atoms with Gasteiger partial charge in [-0.25, -0.2) is 8.42 Å². The quantitative estimate of drug-likeness (QED) is 0.807. The highest BCUT2D eigenvalue weighted by Gasteiger charge is 2.35. The lowest BCUT2D eigenvalue weighted by Crippen LogP contribution is -2.44. The number of carbonyl (C=O) groups excluding carboxylic acids is 1. The molecule has 1 unspecified atom stereocenters. The summed E-state index contributed by atoms with van der Waals surface area (Å²) in [5.41, 5.74) is -0.557. The number of nitrogens with one attached hydrogen (secondary N) is 1. The normalized spacial score (nSPS) is 22.4. The molecular weight excluding hydrogens is 322 g/mol. The molecule has 1 saturated heterocycles. The van der Waals surface area contributed by atoms with Gasteiger partial charge in [0.25, 0.3) is 15.0 Å². The van der Waals surface area contributed by atoms with Crippen LogP contribution in [0, 0.1) is 6.92 Å². The highest BCUT2D eigenvalue weighted by molar-refractivity contribution is 8.13. The third kappa shape index (κ3) is 3.57. The van der Waals surface area contributed by atoms with Crippen molar-refractivity contribution in [2.45, 2.75) is 23.8 Å². The molecule has 21 heavy (non-hydrogen) atoms. The molecule has 9 heteroatoms. The van der Waals surface area contributed by atoms with Crippen molar-refractivity contribution in [2.24, 2.45) is 0 Å². The van der Waals surface area contributed by atoms with Gasteiger partial charge in [-0.2, -0.15) is 0 Å². The molecule has 1 aliphatic rings. The van der Waals surface area contributed by atoms with E-state index in [1.165, 1.54) is 6.92 Å². The maximum atomic E-state index is 12.0. The second-order valence-electron chi connectivity index (χ2n) is 4.84. The topological polar surface area (TPSA) is 94.8 Å². The summed E-state index contributed by atoms with van der Waals surface area (Å²) in [6, 6.07) is 1.11. The molecule has 0 aliphatic carbocycles. The van der Waals surface area contributed by atoms with Gasteiger partial charge in [-0.1, -0.05) is 0 Å². The van der Waals surface area contributed by atoms with Crippen LogP contribution in [0.15, 0.2) is 15.4 Å². The van der Waals surface area contributed by atoms with Crippen LogP contribution in [0.3, 0.4) is 0 Å². The molecule has 1 aromatic heterocycles. The van der Waals surface area contributed by atoms with Crippen molar-refractivity contribution in [1.29, 1.82) is 0 Å². The first-order valence-electron chi connectivity index (χ1n) is 6.24. The summed E-state index contributed by atoms with van der Waals surface area (Å²) < 4.78 is 38.4. The van der Waals surface area contributed by atoms with Gasteiger partial charge in [0.15, 0.2) is 5.76 Å². The number of furan rings is 1. The number of hydrogen-bond acceptors (Lipinski definition) is 6. The number of methoxy groups -OCH3 is 1. The van der Waals surface area contributed by atoms with Crippen LogP contribution < -0.4 is 5.32 Å². The number of halogens is 1. The van der Waals surface area contributed by atoms with Gasteiger partial charge in [-0.15, -0.1) is 0 Å². The van der Waals surface area contributed by atoms with E-state index in [0.29, 0.717) is 19.6 Å². The lowest BCUT2D eigenvalue weighted by Gasteiger charge is -2.25. The number of aryl methyl sites for hydroxylation is 1. The number of rotatable bonds is 5. The van der Waals surface area contributed by atoms with Crippen molar-refractivity contribution in [1.82, 2.24) is 5.32 Å². The average Bonchev–Trinajstić information content (AvgIpc) is 3.02. The Bertz CT molecular complexity index is 632. The van der Waals surface area contributed by atoms with Crippen LogP contribution >= 0.6 is 10.7 Å². The molecule has 1 N–H and O–H groups in total. The number of ether oxygens (including phenoxy) is 2. The second-order valence-corrected chi connectivity index (χ2v) is 7.38. The molecule has 0 radical (unpaired) electrons. The van der Waals surface area contributed by atoms with E-state index in [9.17, 15) is 13.2 Å². The van der Waals surface area contributed by atoms with E-state index in [2.05, 4.69) is 5.32 Å². The van der Waals surface area contributed by atoms with Gasteiger partial charge in [0, 0.05) is 43.4 Å². The van der Waals surface area contributed by atoms with Crippen LogP contribution in [0.1, 0.15) is 22.7 Å². The standard InChI is InChI=1S/C12H16ClNO6S/c1-8-10(21(13,16)17)5-9(20-8)11(15)14-6-12(18-2)3-4-19-7-12/h5H,3-4,6-7H2,1-2H3,(H,14,15). The minimum Gasteiger partial charge on any atom is -0.455 e. The third-order valence-electron chi connectivity index (χ3n) is 3.43. The van der Waals surface area contributed by atoms with E-state index in [1.807, 2.05) is 0 Å². The Labute approximate surface area is 127 Å². The van der Waals surface area contributed by atoms with Gasteiger partial charge >= 0.3 is 0 Å². The summed E-state index contributed by atoms with van der Waals surface area (Å²) in [6.07, 6.45) is 0.669. The first kappa shape index (κ1) is 16.3. The SMILES string of the molecule is COC1(CNC(=O)c2cc(S(=O)(=O)Cl)c(C)o2)CCOC1. The molecule has 0 aromatic carbocycles. The number of hydrogen-bond donors (Lipinski definition) is 1. The first-order valence-corrected chi connectivity index (χ1v) is 8.54. The van der Waals surface area contributed by atoms with E-state index in [0.717, 1.165) is 6.07 Å². The van der Waals surface area contributed by atoms with Crippen LogP contribution in [0.2, 0.25) is 0 Å². The Morgan fingerprint density at radius 3 is 2.76 bits per heavy atom. The number of amides is 1. The van der Waals surface area contributed by atoms with Gasteiger partial charge in [-0.3, -0.25) is 4.79 Å². The van der Waals surface area contributed by atoms with Gasteiger partial charge in [-0.05, 0) is 6.92 Å². The fraction of sp³-hybridized carbons (Fsp3) is 0.583. The average molecular weight is 338 g/mol. The predicted molar refractivity (Wildman–Crippen MR) is 74.0 cm³/mol. The zero-order chi connectivity index (χ0) is 15.7. The Kier molecular flexibility index (Phi) is 4.62. The summed E-state index contributed by atoms with van der Waals surface area (Å²) in [5.74, 6) is -0.578. The van der Waals surface area contributed by atoms with Crippen molar-refractivity contribution < 1.29 is 27.1 Å². The minimum atomic E-state index is -3.94. The zero-order valence-electron chi connectivity index (χ0n) is 11.6. The summed E-state index contributed by atoms with van der Waals surface area (Å²) in [4.78, 5) is 11.8. The molecule has 1 amide bonds. The van der Waals surface area contributed by atoms with Gasteiger partial charge < -0.3 is 19.2 Å². The monoisotopic (exact) mass is 337 g/mol. The number of carbonyl (C=O) groups is 1. The summed E-state index contributed by atoms with van der Waals surface area (Å²) in [6.45, 7) is 2.62. The summed E-state index contributed by atoms with van der Waals surface area (Å²) in [5, 5.41) is 2.65. The summed E-state index contributed by atoms with van der Waals surface area (Å²) >= 11 is 0. The van der Waals surface area contributed by atoms with Crippen LogP contribution in [-0.2, 0) is 18.5 Å². The molecule has 0 spiro atoms. The van der Waals surface area contributed by atoms with Crippen LogP contribution in [0.5, 0.6) is 0 Å². The molecule has 1 atom stereocenters. The van der Waals surface area contributed by atoms with E-state index >= 15 is 0 Å². The van der Waals surface area contributed by atoms with Crippen molar-refractivity contribution >= 4 is 25.6 Å². The highest BCUT2D eigenvalue weighted by Crippen LogP contribution is 2.24. The molecule has 1 fully saturated rings. The van der Waals surface area contributed by atoms with Crippen molar-refractivity contribution in [3.05, 3.63) is 17.6 Å². The van der Waals surface area contributed by atoms with Crippen molar-refractivity contribution in [3.8, 4) is 0 Å². The fourth-order valence-corrected chi connectivity index (χ4v) is 3.20. The predicted octanol–water partition coefficient (Wildman–Crippen LogP) is 1.05. The Balaban J connectivity index is 2.07. The van der Waals surface area contributed by atoms with Crippen LogP contribution in [0.25, 0.3) is 0 Å². The molecule has 2 heterocycles. The second kappa shape index (κ2) is 5.96. The lowest BCUT2D eigenvalue weighted by atomic mass is 10.0. The van der Waals surface area contributed by atoms with Crippen molar-refractivity contribution in [2.75, 3.05) is 26.9 Å². The zero-order valence-corrected chi connectivity index (χ0v) is 13.2. The molecule has 1 aromatic rings. The van der Waals surface area contributed by atoms with Crippen LogP contribution in [-0.4, -0.2) is 46.8 Å². The first-order chi connectivity index (χ1) is 9.77. The largest absolute Gasteiger partial charge is 0.455 e. The Hall–Kier alpha value is -1.09. The molecule has 0 bridgehead atoms. The molecular formula is C12H16ClNO6S. The molecule has 2 rings (SSSR count). The third-order valence-corrected chi connectivity index (χ3v) is 4.86. The maximum Gasteiger partial charge on any atom is 0.287 e. The smallest absolute Gasteiger partial charge is 0.287 e. The van der Waals surface area contributed by atoms with E-state index < -0.39 is 20.6 Å². The summed E-state index contributed by atoms with van der Waals surface area (Å²) in [7, 11) is 2.86. The molecule has 0 saturated carbocycles. The molecule has 1 aliphatic heterocycles. The van der Waals surface area contributed by atoms with E-state index in [-0.39, 0.29) is 23.0 Å². The van der Waals surface area contributed by atoms with E-state index in [1.54, 1.807) is 7.11 Å². The minimum absolute atomic E-state index is 0.0702. The molecule has 7 nitrogen and oxygen atoms in total.